The fraction of sp³-hybridized carbons (Fsp3) is 0.783. The van der Waals surface area contributed by atoms with Crippen LogP contribution >= 0.6 is 11.8 Å². The van der Waals surface area contributed by atoms with Crippen molar-refractivity contribution in [1.82, 2.24) is 15.1 Å². The quantitative estimate of drug-likeness (QED) is 0.305. The number of β-lactam (4-membered cyclic amide) rings is 1. The number of methoxy groups -OCH3 is 1. The Morgan fingerprint density at radius 1 is 1.32 bits per heavy atom. The van der Waals surface area contributed by atoms with Gasteiger partial charge in [-0.25, -0.2) is 4.79 Å². The molecule has 11 heteroatoms. The van der Waals surface area contributed by atoms with E-state index in [1.807, 2.05) is 11.8 Å². The van der Waals surface area contributed by atoms with Crippen LogP contribution in [0.3, 0.4) is 0 Å². The molecule has 2 amide bonds. The lowest BCUT2D eigenvalue weighted by Gasteiger charge is -2.46. The number of carbonyl (C=O) groups is 3. The van der Waals surface area contributed by atoms with Crippen molar-refractivity contribution in [2.24, 2.45) is 11.8 Å². The van der Waals surface area contributed by atoms with Gasteiger partial charge in [0.15, 0.2) is 0 Å². The van der Waals surface area contributed by atoms with Gasteiger partial charge in [0, 0.05) is 29.7 Å². The molecule has 6 atom stereocenters. The van der Waals surface area contributed by atoms with Gasteiger partial charge in [0.1, 0.15) is 12.2 Å². The number of rotatable bonds is 8. The third-order valence-electron chi connectivity index (χ3n) is 7.96. The van der Waals surface area contributed by atoms with Crippen molar-refractivity contribution in [1.29, 1.82) is 0 Å². The van der Waals surface area contributed by atoms with Crippen molar-refractivity contribution in [3.8, 4) is 0 Å². The standard InChI is InChI=1S/C23H36N4O6S/c1-13-18-17(14(2)28)22(30)26(18)19(23(31)32)20(13)34-15-11-16(24-12-15)21(29)25-5-7-27(3,8-6-25)9-10-33-4/h13-18,24,28H,5-12H2,1-4H3/p+1/t13-,14-,15+,16+,17-,18-/m1/s1. The molecule has 4 aliphatic rings. The van der Waals surface area contributed by atoms with Gasteiger partial charge in [-0.2, -0.15) is 0 Å². The molecular weight excluding hydrogens is 460 g/mol. The van der Waals surface area contributed by atoms with Gasteiger partial charge < -0.3 is 34.5 Å². The summed E-state index contributed by atoms with van der Waals surface area (Å²) in [7, 11) is 3.91. The number of ether oxygens (including phenoxy) is 1. The number of carboxylic acids is 1. The molecule has 0 saturated carbocycles. The van der Waals surface area contributed by atoms with Gasteiger partial charge in [0.2, 0.25) is 11.8 Å². The maximum atomic E-state index is 13.2. The Balaban J connectivity index is 1.37. The minimum absolute atomic E-state index is 0.0447. The monoisotopic (exact) mass is 497 g/mol. The number of fused-ring (bicyclic) bond motifs is 1. The van der Waals surface area contributed by atoms with E-state index in [2.05, 4.69) is 12.4 Å². The predicted molar refractivity (Wildman–Crippen MR) is 127 cm³/mol. The first-order valence-corrected chi connectivity index (χ1v) is 13.0. The topological polar surface area (TPSA) is 119 Å². The Morgan fingerprint density at radius 2 is 2.00 bits per heavy atom. The summed E-state index contributed by atoms with van der Waals surface area (Å²) in [5.41, 5.74) is 0.0447. The van der Waals surface area contributed by atoms with Crippen LogP contribution in [0.2, 0.25) is 0 Å². The van der Waals surface area contributed by atoms with E-state index in [0.717, 1.165) is 37.2 Å². The zero-order chi connectivity index (χ0) is 24.8. The zero-order valence-corrected chi connectivity index (χ0v) is 21.2. The summed E-state index contributed by atoms with van der Waals surface area (Å²) in [6.45, 7) is 9.02. The molecule has 190 valence electrons. The highest BCUT2D eigenvalue weighted by atomic mass is 32.2. The van der Waals surface area contributed by atoms with Crippen molar-refractivity contribution < 1.29 is 33.8 Å². The SMILES string of the molecule is COCC[N+]1(C)CCN(C(=O)[C@@H]2C[C@H](SC3=C(C(=O)O)N4C(=O)[C@H]([C@@H](C)O)[C@H]4[C@H]3C)CN2)CC1. The Bertz CT molecular complexity index is 872. The Labute approximate surface area is 204 Å². The van der Waals surface area contributed by atoms with Gasteiger partial charge in [-0.15, -0.1) is 11.8 Å². The van der Waals surface area contributed by atoms with E-state index < -0.39 is 18.0 Å². The van der Waals surface area contributed by atoms with E-state index in [4.69, 9.17) is 4.74 Å². The van der Waals surface area contributed by atoms with Crippen LogP contribution in [-0.4, -0.2) is 126 Å². The lowest BCUT2D eigenvalue weighted by atomic mass is 9.79. The number of amides is 2. The van der Waals surface area contributed by atoms with E-state index >= 15 is 0 Å². The number of carbonyl (C=O) groups excluding carboxylic acids is 2. The van der Waals surface area contributed by atoms with Crippen LogP contribution in [0.4, 0.5) is 0 Å². The number of nitrogens with zero attached hydrogens (tertiary/aromatic N) is 3. The molecule has 0 aromatic carbocycles. The predicted octanol–water partition coefficient (Wildman–Crippen LogP) is -0.461. The van der Waals surface area contributed by atoms with Crippen LogP contribution in [0, 0.1) is 11.8 Å². The second-order valence-electron chi connectivity index (χ2n) is 10.3. The molecule has 3 N–H and O–H groups in total. The van der Waals surface area contributed by atoms with Gasteiger partial charge in [-0.05, 0) is 13.3 Å². The van der Waals surface area contributed by atoms with Gasteiger partial charge in [0.05, 0.1) is 63.9 Å². The number of likely N-dealkylation sites (N-methyl/N-ethyl adjacent to an activating group) is 1. The molecule has 3 saturated heterocycles. The number of aliphatic hydroxyl groups excluding tert-OH is 1. The van der Waals surface area contributed by atoms with Crippen molar-refractivity contribution in [3.05, 3.63) is 10.6 Å². The maximum Gasteiger partial charge on any atom is 0.353 e. The first-order chi connectivity index (χ1) is 16.1. The van der Waals surface area contributed by atoms with Crippen LogP contribution in [0.5, 0.6) is 0 Å². The highest BCUT2D eigenvalue weighted by Gasteiger charge is 2.60. The Hall–Kier alpha value is -1.66. The number of aliphatic carboxylic acids is 1. The molecule has 0 aromatic rings. The van der Waals surface area contributed by atoms with Crippen LogP contribution < -0.4 is 5.32 Å². The largest absolute Gasteiger partial charge is 0.477 e. The number of hydrogen-bond acceptors (Lipinski definition) is 7. The van der Waals surface area contributed by atoms with Crippen LogP contribution in [0.25, 0.3) is 0 Å². The minimum atomic E-state index is -1.12. The van der Waals surface area contributed by atoms with Crippen LogP contribution in [0.15, 0.2) is 10.6 Å². The van der Waals surface area contributed by atoms with Gasteiger partial charge in [0.25, 0.3) is 0 Å². The lowest BCUT2D eigenvalue weighted by Crippen LogP contribution is -2.63. The molecule has 0 spiro atoms. The molecule has 0 radical (unpaired) electrons. The lowest BCUT2D eigenvalue weighted by molar-refractivity contribution is -0.913. The summed E-state index contributed by atoms with van der Waals surface area (Å²) < 4.78 is 6.12. The number of carboxylic acid groups (broad SMARTS) is 1. The number of thioether (sulfide) groups is 1. The number of hydrogen-bond donors (Lipinski definition) is 3. The summed E-state index contributed by atoms with van der Waals surface area (Å²) >= 11 is 1.47. The fourth-order valence-electron chi connectivity index (χ4n) is 5.76. The average Bonchev–Trinajstić information content (AvgIpc) is 3.34. The van der Waals surface area contributed by atoms with Crippen molar-refractivity contribution in [3.63, 3.8) is 0 Å². The van der Waals surface area contributed by atoms with Gasteiger partial charge in [-0.3, -0.25) is 9.59 Å². The molecule has 4 rings (SSSR count). The molecular formula is C23H37N4O6S+. The van der Waals surface area contributed by atoms with E-state index in [1.54, 1.807) is 14.0 Å². The second-order valence-corrected chi connectivity index (χ2v) is 11.7. The van der Waals surface area contributed by atoms with E-state index in [9.17, 15) is 24.6 Å². The van der Waals surface area contributed by atoms with Gasteiger partial charge >= 0.3 is 5.97 Å². The molecule has 4 heterocycles. The zero-order valence-electron chi connectivity index (χ0n) is 20.4. The summed E-state index contributed by atoms with van der Waals surface area (Å²) in [5, 5.41) is 23.2. The number of nitrogens with one attached hydrogen (secondary N) is 1. The van der Waals surface area contributed by atoms with Crippen molar-refractivity contribution in [2.75, 3.05) is 60.0 Å². The first kappa shape index (κ1) is 25.4. The maximum absolute atomic E-state index is 13.2. The van der Waals surface area contributed by atoms with Crippen molar-refractivity contribution in [2.45, 2.75) is 43.7 Å². The third-order valence-corrected chi connectivity index (χ3v) is 9.47. The normalized spacial score (nSPS) is 33.7. The van der Waals surface area contributed by atoms with E-state index in [0.29, 0.717) is 24.5 Å². The van der Waals surface area contributed by atoms with E-state index in [1.165, 1.54) is 16.7 Å². The Morgan fingerprint density at radius 3 is 2.59 bits per heavy atom. The minimum Gasteiger partial charge on any atom is -0.477 e. The molecule has 0 unspecified atom stereocenters. The first-order valence-electron chi connectivity index (χ1n) is 12.1. The summed E-state index contributed by atoms with van der Waals surface area (Å²) in [4.78, 5) is 41.7. The molecule has 3 fully saturated rings. The van der Waals surface area contributed by atoms with Crippen molar-refractivity contribution >= 4 is 29.5 Å². The molecule has 0 aromatic heterocycles. The van der Waals surface area contributed by atoms with Gasteiger partial charge in [-0.1, -0.05) is 6.92 Å². The molecule has 4 aliphatic heterocycles. The third kappa shape index (κ3) is 4.48. The molecule has 34 heavy (non-hydrogen) atoms. The number of piperazine rings is 1. The summed E-state index contributed by atoms with van der Waals surface area (Å²) in [6, 6.07) is -0.588. The molecule has 10 nitrogen and oxygen atoms in total. The number of quaternary nitrogens is 1. The number of aliphatic hydroxyl groups is 1. The highest BCUT2D eigenvalue weighted by Crippen LogP contribution is 2.51. The summed E-state index contributed by atoms with van der Waals surface area (Å²) in [6.07, 6.45) is -0.192. The second kappa shape index (κ2) is 9.77. The molecule has 0 bridgehead atoms. The molecule has 0 aliphatic carbocycles. The fourth-order valence-corrected chi connectivity index (χ4v) is 7.24. The van der Waals surface area contributed by atoms with Crippen LogP contribution in [0.1, 0.15) is 20.3 Å². The average molecular weight is 498 g/mol. The smallest absolute Gasteiger partial charge is 0.353 e. The van der Waals surface area contributed by atoms with Crippen LogP contribution in [-0.2, 0) is 19.1 Å². The highest BCUT2D eigenvalue weighted by molar-refractivity contribution is 8.03. The van der Waals surface area contributed by atoms with E-state index in [-0.39, 0.29) is 40.8 Å². The Kier molecular flexibility index (Phi) is 7.31. The summed E-state index contributed by atoms with van der Waals surface area (Å²) in [5.74, 6) is -2.05.